The van der Waals surface area contributed by atoms with Crippen LogP contribution in [0.3, 0.4) is 0 Å². The van der Waals surface area contributed by atoms with Gasteiger partial charge in [0.1, 0.15) is 0 Å². The molecule has 7 heteroatoms. The number of H-pyrrole nitrogens is 1. The van der Waals surface area contributed by atoms with Crippen LogP contribution in [0.25, 0.3) is 16.9 Å². The molecule has 2 aromatic heterocycles. The third-order valence-corrected chi connectivity index (χ3v) is 6.41. The zero-order valence-corrected chi connectivity index (χ0v) is 18.6. The number of nitrogens with one attached hydrogen (secondary N) is 1. The Morgan fingerprint density at radius 2 is 1.94 bits per heavy atom. The molecule has 3 heterocycles. The van der Waals surface area contributed by atoms with E-state index in [2.05, 4.69) is 30.0 Å². The summed E-state index contributed by atoms with van der Waals surface area (Å²) in [6, 6.07) is 10.7. The van der Waals surface area contributed by atoms with Crippen molar-refractivity contribution in [2.75, 3.05) is 13.1 Å². The van der Waals surface area contributed by atoms with Gasteiger partial charge in [-0.2, -0.15) is 5.26 Å². The first-order chi connectivity index (χ1) is 15.4. The molecule has 1 aliphatic heterocycles. The molecule has 0 saturated carbocycles. The molecule has 164 valence electrons. The van der Waals surface area contributed by atoms with Crippen LogP contribution in [-0.2, 0) is 0 Å². The highest BCUT2D eigenvalue weighted by atomic mass is 16.2. The van der Waals surface area contributed by atoms with E-state index >= 15 is 0 Å². The predicted octanol–water partition coefficient (Wildman–Crippen LogP) is 3.92. The summed E-state index contributed by atoms with van der Waals surface area (Å²) in [5.74, 6) is 1.72. The lowest BCUT2D eigenvalue weighted by molar-refractivity contribution is 0.0667. The minimum absolute atomic E-state index is 0.0148. The zero-order chi connectivity index (χ0) is 22.8. The van der Waals surface area contributed by atoms with Crippen LogP contribution < -0.4 is 5.56 Å². The van der Waals surface area contributed by atoms with E-state index in [-0.39, 0.29) is 11.5 Å². The minimum Gasteiger partial charge on any atom is -0.339 e. The zero-order valence-electron chi connectivity index (χ0n) is 18.6. The number of hydrogen-bond acceptors (Lipinski definition) is 4. The van der Waals surface area contributed by atoms with E-state index in [4.69, 9.17) is 5.26 Å². The Morgan fingerprint density at radius 1 is 1.19 bits per heavy atom. The van der Waals surface area contributed by atoms with E-state index in [1.165, 1.54) is 10.9 Å². The molecule has 0 spiro atoms. The van der Waals surface area contributed by atoms with Crippen LogP contribution in [0, 0.1) is 30.1 Å². The lowest BCUT2D eigenvalue weighted by atomic mass is 9.86. The van der Waals surface area contributed by atoms with Crippen LogP contribution in [0.15, 0.2) is 47.5 Å². The summed E-state index contributed by atoms with van der Waals surface area (Å²) in [7, 11) is 0. The molecule has 4 rings (SSSR count). The van der Waals surface area contributed by atoms with Gasteiger partial charge in [-0.3, -0.25) is 14.7 Å². The maximum Gasteiger partial charge on any atom is 0.280 e. The van der Waals surface area contributed by atoms with Gasteiger partial charge in [0.2, 0.25) is 0 Å². The number of aromatic amines is 1. The smallest absolute Gasteiger partial charge is 0.280 e. The highest BCUT2D eigenvalue weighted by Gasteiger charge is 2.25. The van der Waals surface area contributed by atoms with Crippen molar-refractivity contribution in [3.8, 4) is 23.0 Å². The number of aromatic nitrogens is 3. The fraction of sp³-hybridized carbons (Fsp3) is 0.360. The van der Waals surface area contributed by atoms with E-state index in [1.807, 2.05) is 11.8 Å². The Kier molecular flexibility index (Phi) is 5.95. The molecule has 3 aromatic rings. The molecular formula is C25H27N5O2. The van der Waals surface area contributed by atoms with Crippen molar-refractivity contribution in [1.82, 2.24) is 19.7 Å². The minimum atomic E-state index is -0.236. The lowest BCUT2D eigenvalue weighted by Gasteiger charge is -2.33. The summed E-state index contributed by atoms with van der Waals surface area (Å²) in [5.41, 5.74) is 2.96. The van der Waals surface area contributed by atoms with Gasteiger partial charge in [0.25, 0.3) is 11.5 Å². The summed E-state index contributed by atoms with van der Waals surface area (Å²) in [4.78, 5) is 32.1. The molecule has 1 fully saturated rings. The molecule has 0 unspecified atom stereocenters. The molecule has 32 heavy (non-hydrogen) atoms. The van der Waals surface area contributed by atoms with Crippen LogP contribution >= 0.6 is 0 Å². The van der Waals surface area contributed by atoms with Crippen molar-refractivity contribution in [2.24, 2.45) is 11.8 Å². The van der Waals surface area contributed by atoms with E-state index in [1.54, 1.807) is 36.5 Å². The second kappa shape index (κ2) is 8.83. The van der Waals surface area contributed by atoms with Crippen LogP contribution in [0.1, 0.15) is 48.2 Å². The normalized spacial score (nSPS) is 14.5. The number of nitriles is 1. The van der Waals surface area contributed by atoms with Gasteiger partial charge in [-0.05, 0) is 67.0 Å². The third-order valence-electron chi connectivity index (χ3n) is 6.41. The first-order valence-corrected chi connectivity index (χ1v) is 11.0. The number of rotatable bonds is 4. The SMILES string of the molecule is Cc1cc(C#N)ccc1-c1c[nH]n(-c2ccc(C(=O)N3CCC(C(C)C)CC3)cn2)c1=O. The first-order valence-electron chi connectivity index (χ1n) is 11.0. The van der Waals surface area contributed by atoms with Gasteiger partial charge in [0.15, 0.2) is 5.82 Å². The summed E-state index contributed by atoms with van der Waals surface area (Å²) >= 11 is 0. The van der Waals surface area contributed by atoms with Crippen molar-refractivity contribution in [1.29, 1.82) is 5.26 Å². The number of benzene rings is 1. The Labute approximate surface area is 187 Å². The molecule has 7 nitrogen and oxygen atoms in total. The molecule has 1 aromatic carbocycles. The van der Waals surface area contributed by atoms with Gasteiger partial charge in [-0.15, -0.1) is 0 Å². The van der Waals surface area contributed by atoms with Crippen molar-refractivity contribution in [2.45, 2.75) is 33.6 Å². The van der Waals surface area contributed by atoms with E-state index in [0.29, 0.717) is 34.3 Å². The summed E-state index contributed by atoms with van der Waals surface area (Å²) in [6.45, 7) is 7.89. The highest BCUT2D eigenvalue weighted by Crippen LogP contribution is 2.25. The van der Waals surface area contributed by atoms with Gasteiger partial charge in [-0.25, -0.2) is 9.67 Å². The Balaban J connectivity index is 1.52. The number of nitrogens with zero attached hydrogens (tertiary/aromatic N) is 4. The Hall–Kier alpha value is -3.66. The number of pyridine rings is 1. The van der Waals surface area contributed by atoms with Crippen molar-refractivity contribution < 1.29 is 4.79 Å². The monoisotopic (exact) mass is 429 g/mol. The van der Waals surface area contributed by atoms with E-state index in [0.717, 1.165) is 37.1 Å². The number of likely N-dealkylation sites (tertiary alicyclic amines) is 1. The van der Waals surface area contributed by atoms with Gasteiger partial charge in [-0.1, -0.05) is 19.9 Å². The van der Waals surface area contributed by atoms with Gasteiger partial charge in [0.05, 0.1) is 22.8 Å². The van der Waals surface area contributed by atoms with E-state index < -0.39 is 0 Å². The first kappa shape index (κ1) is 21.6. The molecule has 0 atom stereocenters. The second-order valence-electron chi connectivity index (χ2n) is 8.75. The molecule has 0 aliphatic carbocycles. The maximum absolute atomic E-state index is 13.0. The molecule has 1 aliphatic rings. The number of piperidine rings is 1. The summed E-state index contributed by atoms with van der Waals surface area (Å²) < 4.78 is 1.36. The maximum atomic E-state index is 13.0. The van der Waals surface area contributed by atoms with E-state index in [9.17, 15) is 9.59 Å². The summed E-state index contributed by atoms with van der Waals surface area (Å²) in [6.07, 6.45) is 5.23. The number of carbonyl (C=O) groups is 1. The van der Waals surface area contributed by atoms with Crippen LogP contribution in [0.4, 0.5) is 0 Å². The quantitative estimate of drug-likeness (QED) is 0.680. The van der Waals surface area contributed by atoms with Crippen LogP contribution in [-0.4, -0.2) is 38.7 Å². The molecule has 0 bridgehead atoms. The van der Waals surface area contributed by atoms with Crippen LogP contribution in [0.5, 0.6) is 0 Å². The Morgan fingerprint density at radius 3 is 2.53 bits per heavy atom. The van der Waals surface area contributed by atoms with Gasteiger partial charge >= 0.3 is 0 Å². The Bertz CT molecular complexity index is 1220. The van der Waals surface area contributed by atoms with Gasteiger partial charge in [0, 0.05) is 25.5 Å². The lowest BCUT2D eigenvalue weighted by Crippen LogP contribution is -2.39. The van der Waals surface area contributed by atoms with Gasteiger partial charge < -0.3 is 4.90 Å². The number of aryl methyl sites for hydroxylation is 1. The average Bonchev–Trinajstić information content (AvgIpc) is 3.19. The van der Waals surface area contributed by atoms with Crippen molar-refractivity contribution >= 4 is 5.91 Å². The summed E-state index contributed by atoms with van der Waals surface area (Å²) in [5, 5.41) is 12.0. The highest BCUT2D eigenvalue weighted by molar-refractivity contribution is 5.94. The fourth-order valence-electron chi connectivity index (χ4n) is 4.37. The topological polar surface area (TPSA) is 94.8 Å². The molecule has 1 amide bonds. The third kappa shape index (κ3) is 4.09. The number of amides is 1. The average molecular weight is 430 g/mol. The molecule has 1 saturated heterocycles. The predicted molar refractivity (Wildman–Crippen MR) is 123 cm³/mol. The number of carbonyl (C=O) groups excluding carboxylic acids is 1. The van der Waals surface area contributed by atoms with Crippen molar-refractivity contribution in [3.05, 3.63) is 69.8 Å². The molecule has 0 radical (unpaired) electrons. The standard InChI is InChI=1S/C25H27N5O2/c1-16(2)19-8-10-29(11-9-19)24(31)20-5-7-23(27-14-20)30-25(32)22(15-28-30)21-6-4-18(13-26)12-17(21)3/h4-7,12,14-16,19,28H,8-11H2,1-3H3. The second-order valence-corrected chi connectivity index (χ2v) is 8.75. The van der Waals surface area contributed by atoms with Crippen molar-refractivity contribution in [3.63, 3.8) is 0 Å². The van der Waals surface area contributed by atoms with Crippen LogP contribution in [0.2, 0.25) is 0 Å². The number of hydrogen-bond donors (Lipinski definition) is 1. The fourth-order valence-corrected chi connectivity index (χ4v) is 4.37. The molecular weight excluding hydrogens is 402 g/mol. The largest absolute Gasteiger partial charge is 0.339 e. The molecule has 1 N–H and O–H groups in total.